The Hall–Kier alpha value is -0.850. The van der Waals surface area contributed by atoms with Gasteiger partial charge in [0.05, 0.1) is 5.25 Å². The average molecular weight is 241 g/mol. The Bertz CT molecular complexity index is 413. The number of nitrogens with two attached hydrogens (primary N) is 1. The molecule has 0 radical (unpaired) electrons. The minimum atomic E-state index is 0.191. The molecule has 0 fully saturated rings. The van der Waals surface area contributed by atoms with E-state index in [-0.39, 0.29) is 5.25 Å². The predicted octanol–water partition coefficient (Wildman–Crippen LogP) is 2.23. The molecule has 4 nitrogen and oxygen atoms in total. The van der Waals surface area contributed by atoms with Crippen molar-refractivity contribution in [2.75, 3.05) is 6.54 Å². The number of thioether (sulfide) groups is 1. The van der Waals surface area contributed by atoms with Crippen molar-refractivity contribution in [2.45, 2.75) is 17.4 Å². The van der Waals surface area contributed by atoms with Crippen molar-refractivity contribution in [3.63, 3.8) is 0 Å². The van der Waals surface area contributed by atoms with Crippen molar-refractivity contribution in [1.29, 1.82) is 0 Å². The lowest BCUT2D eigenvalue weighted by Gasteiger charge is -2.08. The summed E-state index contributed by atoms with van der Waals surface area (Å²) in [6.07, 6.45) is 0. The van der Waals surface area contributed by atoms with Gasteiger partial charge in [-0.05, 0) is 22.4 Å². The standard InChI is InChI=1S/C9H11N3OS2/c1-6-11-12-9(13-6)15-8(4-10)7-2-3-14-5-7/h2-3,5,8H,4,10H2,1H3. The quantitative estimate of drug-likeness (QED) is 0.831. The van der Waals surface area contributed by atoms with Crippen molar-refractivity contribution < 1.29 is 4.42 Å². The Balaban J connectivity index is 2.09. The molecule has 0 spiro atoms. The summed E-state index contributed by atoms with van der Waals surface area (Å²) in [6, 6.07) is 2.07. The van der Waals surface area contributed by atoms with Crippen LogP contribution in [0.3, 0.4) is 0 Å². The van der Waals surface area contributed by atoms with E-state index in [0.29, 0.717) is 17.7 Å². The second-order valence-corrected chi connectivity index (χ2v) is 4.92. The molecule has 0 amide bonds. The first kappa shape index (κ1) is 10.7. The van der Waals surface area contributed by atoms with Gasteiger partial charge in [0.2, 0.25) is 5.89 Å². The van der Waals surface area contributed by atoms with Crippen molar-refractivity contribution >= 4 is 23.1 Å². The molecule has 2 N–H and O–H groups in total. The van der Waals surface area contributed by atoms with Gasteiger partial charge in [-0.3, -0.25) is 0 Å². The van der Waals surface area contributed by atoms with E-state index >= 15 is 0 Å². The van der Waals surface area contributed by atoms with E-state index in [1.807, 2.05) is 5.38 Å². The summed E-state index contributed by atoms with van der Waals surface area (Å²) in [5, 5.41) is 12.6. The fraction of sp³-hybridized carbons (Fsp3) is 0.333. The molecule has 80 valence electrons. The van der Waals surface area contributed by atoms with E-state index in [1.165, 1.54) is 17.3 Å². The first-order chi connectivity index (χ1) is 7.29. The van der Waals surface area contributed by atoms with Crippen LogP contribution < -0.4 is 5.73 Å². The predicted molar refractivity (Wildman–Crippen MR) is 61.0 cm³/mol. The van der Waals surface area contributed by atoms with E-state index < -0.39 is 0 Å². The van der Waals surface area contributed by atoms with Crippen LogP contribution in [0.5, 0.6) is 0 Å². The summed E-state index contributed by atoms with van der Waals surface area (Å²) < 4.78 is 5.30. The van der Waals surface area contributed by atoms with Crippen molar-refractivity contribution in [3.8, 4) is 0 Å². The average Bonchev–Trinajstić information content (AvgIpc) is 2.85. The number of aryl methyl sites for hydroxylation is 1. The smallest absolute Gasteiger partial charge is 0.277 e. The summed E-state index contributed by atoms with van der Waals surface area (Å²) in [5.74, 6) is 0.582. The highest BCUT2D eigenvalue weighted by Gasteiger charge is 2.15. The van der Waals surface area contributed by atoms with Gasteiger partial charge in [-0.25, -0.2) is 0 Å². The molecule has 0 aliphatic carbocycles. The van der Waals surface area contributed by atoms with Crippen LogP contribution in [-0.4, -0.2) is 16.7 Å². The van der Waals surface area contributed by atoms with Crippen LogP contribution in [0.1, 0.15) is 16.7 Å². The Labute approximate surface area is 95.9 Å². The largest absolute Gasteiger partial charge is 0.416 e. The second-order valence-electron chi connectivity index (χ2n) is 2.99. The third-order valence-corrected chi connectivity index (χ3v) is 3.70. The minimum Gasteiger partial charge on any atom is -0.416 e. The number of hydrogen-bond donors (Lipinski definition) is 1. The van der Waals surface area contributed by atoms with Crippen LogP contribution in [-0.2, 0) is 0 Å². The van der Waals surface area contributed by atoms with Crippen LogP contribution in [0.2, 0.25) is 0 Å². The number of aromatic nitrogens is 2. The Kier molecular flexibility index (Phi) is 3.40. The van der Waals surface area contributed by atoms with Gasteiger partial charge in [-0.15, -0.1) is 10.2 Å². The van der Waals surface area contributed by atoms with Crippen LogP contribution in [0.4, 0.5) is 0 Å². The number of nitrogens with zero attached hydrogens (tertiary/aromatic N) is 2. The van der Waals surface area contributed by atoms with Gasteiger partial charge in [0, 0.05) is 13.5 Å². The molecule has 0 aliphatic rings. The molecule has 0 saturated carbocycles. The SMILES string of the molecule is Cc1nnc(SC(CN)c2ccsc2)o1. The summed E-state index contributed by atoms with van der Waals surface area (Å²) >= 11 is 3.17. The molecular weight excluding hydrogens is 230 g/mol. The first-order valence-electron chi connectivity index (χ1n) is 4.48. The maximum absolute atomic E-state index is 5.71. The maximum Gasteiger partial charge on any atom is 0.277 e. The monoisotopic (exact) mass is 241 g/mol. The van der Waals surface area contributed by atoms with E-state index in [2.05, 4.69) is 21.6 Å². The summed E-state index contributed by atoms with van der Waals surface area (Å²) in [4.78, 5) is 0. The topological polar surface area (TPSA) is 64.9 Å². The van der Waals surface area contributed by atoms with Crippen molar-refractivity contribution in [2.24, 2.45) is 5.73 Å². The zero-order valence-corrected chi connectivity index (χ0v) is 9.85. The van der Waals surface area contributed by atoms with E-state index in [1.54, 1.807) is 18.3 Å². The van der Waals surface area contributed by atoms with Gasteiger partial charge in [0.1, 0.15) is 0 Å². The highest BCUT2D eigenvalue weighted by molar-refractivity contribution is 7.99. The third kappa shape index (κ3) is 2.58. The van der Waals surface area contributed by atoms with Gasteiger partial charge in [-0.2, -0.15) is 11.3 Å². The molecule has 2 aromatic rings. The van der Waals surface area contributed by atoms with E-state index in [0.717, 1.165) is 0 Å². The van der Waals surface area contributed by atoms with Gasteiger partial charge >= 0.3 is 0 Å². The van der Waals surface area contributed by atoms with Gasteiger partial charge < -0.3 is 10.2 Å². The molecule has 2 rings (SSSR count). The molecule has 0 aromatic carbocycles. The fourth-order valence-electron chi connectivity index (χ4n) is 1.16. The highest BCUT2D eigenvalue weighted by atomic mass is 32.2. The van der Waals surface area contributed by atoms with Crippen LogP contribution in [0.15, 0.2) is 26.5 Å². The molecular formula is C9H11N3OS2. The molecule has 15 heavy (non-hydrogen) atoms. The number of rotatable bonds is 4. The molecule has 6 heteroatoms. The maximum atomic E-state index is 5.71. The summed E-state index contributed by atoms with van der Waals surface area (Å²) in [6.45, 7) is 2.34. The van der Waals surface area contributed by atoms with Gasteiger partial charge in [0.25, 0.3) is 5.22 Å². The molecule has 0 saturated heterocycles. The van der Waals surface area contributed by atoms with E-state index in [4.69, 9.17) is 10.2 Å². The minimum absolute atomic E-state index is 0.191. The molecule has 1 atom stereocenters. The summed E-state index contributed by atoms with van der Waals surface area (Å²) in [5.41, 5.74) is 6.92. The fourth-order valence-corrected chi connectivity index (χ4v) is 2.84. The second kappa shape index (κ2) is 4.78. The molecule has 2 aromatic heterocycles. The Morgan fingerprint density at radius 2 is 2.47 bits per heavy atom. The van der Waals surface area contributed by atoms with Gasteiger partial charge in [-0.1, -0.05) is 11.8 Å². The van der Waals surface area contributed by atoms with Crippen LogP contribution in [0, 0.1) is 6.92 Å². The first-order valence-corrected chi connectivity index (χ1v) is 6.31. The molecule has 2 heterocycles. The van der Waals surface area contributed by atoms with Gasteiger partial charge in [0.15, 0.2) is 0 Å². The Morgan fingerprint density at radius 3 is 3.00 bits per heavy atom. The third-order valence-electron chi connectivity index (χ3n) is 1.88. The van der Waals surface area contributed by atoms with Crippen molar-refractivity contribution in [3.05, 3.63) is 28.3 Å². The normalized spacial score (nSPS) is 12.9. The lowest BCUT2D eigenvalue weighted by atomic mass is 10.2. The molecule has 0 bridgehead atoms. The lowest BCUT2D eigenvalue weighted by molar-refractivity contribution is 0.428. The zero-order valence-electron chi connectivity index (χ0n) is 8.21. The van der Waals surface area contributed by atoms with Crippen LogP contribution in [0.25, 0.3) is 0 Å². The van der Waals surface area contributed by atoms with E-state index in [9.17, 15) is 0 Å². The molecule has 0 aliphatic heterocycles. The summed E-state index contributed by atoms with van der Waals surface area (Å²) in [7, 11) is 0. The zero-order chi connectivity index (χ0) is 10.7. The lowest BCUT2D eigenvalue weighted by Crippen LogP contribution is -2.08. The number of hydrogen-bond acceptors (Lipinski definition) is 6. The Morgan fingerprint density at radius 1 is 1.60 bits per heavy atom. The number of thiophene rings is 1. The molecule has 1 unspecified atom stereocenters. The van der Waals surface area contributed by atoms with Crippen molar-refractivity contribution in [1.82, 2.24) is 10.2 Å². The van der Waals surface area contributed by atoms with Crippen LogP contribution >= 0.6 is 23.1 Å². The highest BCUT2D eigenvalue weighted by Crippen LogP contribution is 2.34.